The molecule has 1 N–H and O–H groups in total. The zero-order chi connectivity index (χ0) is 17.2. The number of hydrogen-bond donors (Lipinski definition) is 1. The molecule has 0 bridgehead atoms. The molecule has 1 atom stereocenters. The van der Waals surface area contributed by atoms with E-state index >= 15 is 0 Å². The molecule has 1 saturated heterocycles. The minimum absolute atomic E-state index is 0.00848. The van der Waals surface area contributed by atoms with Crippen molar-refractivity contribution in [3.63, 3.8) is 0 Å². The molecule has 9 heteroatoms. The van der Waals surface area contributed by atoms with Crippen LogP contribution in [0.4, 0.5) is 11.4 Å². The van der Waals surface area contributed by atoms with Crippen LogP contribution in [-0.4, -0.2) is 32.7 Å². The van der Waals surface area contributed by atoms with Crippen LogP contribution in [0.25, 0.3) is 0 Å². The van der Waals surface area contributed by atoms with Gasteiger partial charge in [-0.2, -0.15) is 0 Å². The van der Waals surface area contributed by atoms with Crippen molar-refractivity contribution in [2.24, 2.45) is 0 Å². The number of ether oxygens (including phenoxy) is 2. The third-order valence-electron chi connectivity index (χ3n) is 3.29. The Morgan fingerprint density at radius 3 is 2.58 bits per heavy atom. The summed E-state index contributed by atoms with van der Waals surface area (Å²) in [5.41, 5.74) is -0.0436. The van der Waals surface area contributed by atoms with E-state index in [4.69, 9.17) is 9.47 Å². The predicted molar refractivity (Wildman–Crippen MR) is 85.6 cm³/mol. The van der Waals surface area contributed by atoms with E-state index in [1.165, 1.54) is 12.1 Å². The first-order chi connectivity index (χ1) is 11.5. The molecular formula is C15H14N2O6S. The summed E-state index contributed by atoms with van der Waals surface area (Å²) in [7, 11) is -3.94. The van der Waals surface area contributed by atoms with Crippen molar-refractivity contribution in [1.82, 2.24) is 0 Å². The molecule has 1 aliphatic heterocycles. The van der Waals surface area contributed by atoms with E-state index in [-0.39, 0.29) is 23.4 Å². The normalized spacial score (nSPS) is 16.4. The van der Waals surface area contributed by atoms with Crippen molar-refractivity contribution in [3.8, 4) is 5.75 Å². The average Bonchev–Trinajstić information content (AvgIpc) is 3.37. The van der Waals surface area contributed by atoms with Crippen molar-refractivity contribution in [2.45, 2.75) is 11.0 Å². The van der Waals surface area contributed by atoms with Crippen LogP contribution in [-0.2, 0) is 14.8 Å². The molecule has 0 radical (unpaired) electrons. The number of nitrogens with zero attached hydrogens (tertiary/aromatic N) is 1. The molecule has 0 aromatic heterocycles. The number of nitro groups is 1. The van der Waals surface area contributed by atoms with Crippen LogP contribution >= 0.6 is 0 Å². The van der Waals surface area contributed by atoms with E-state index in [0.717, 1.165) is 6.07 Å². The second-order valence-corrected chi connectivity index (χ2v) is 6.81. The molecular weight excluding hydrogens is 336 g/mol. The van der Waals surface area contributed by atoms with Crippen LogP contribution in [0.15, 0.2) is 53.4 Å². The van der Waals surface area contributed by atoms with Gasteiger partial charge in [-0.25, -0.2) is 8.42 Å². The highest BCUT2D eigenvalue weighted by Crippen LogP contribution is 2.31. The third-order valence-corrected chi connectivity index (χ3v) is 4.67. The fourth-order valence-electron chi connectivity index (χ4n) is 2.00. The van der Waals surface area contributed by atoms with Crippen molar-refractivity contribution in [3.05, 3.63) is 58.6 Å². The van der Waals surface area contributed by atoms with Crippen LogP contribution in [0.2, 0.25) is 0 Å². The smallest absolute Gasteiger partial charge is 0.312 e. The number of sulfonamides is 1. The zero-order valence-electron chi connectivity index (χ0n) is 12.4. The molecule has 8 nitrogen and oxygen atoms in total. The largest absolute Gasteiger partial charge is 0.484 e. The van der Waals surface area contributed by atoms with E-state index in [1.54, 1.807) is 30.3 Å². The summed E-state index contributed by atoms with van der Waals surface area (Å²) in [4.78, 5) is 10.3. The van der Waals surface area contributed by atoms with E-state index in [0.29, 0.717) is 12.3 Å². The van der Waals surface area contributed by atoms with Gasteiger partial charge in [-0.05, 0) is 24.3 Å². The number of nitro benzene ring substituents is 1. The van der Waals surface area contributed by atoms with Crippen LogP contribution in [0.5, 0.6) is 5.75 Å². The monoisotopic (exact) mass is 350 g/mol. The second kappa shape index (κ2) is 6.46. The SMILES string of the molecule is O=[N+]([O-])c1cc(S(=O)(=O)Nc2ccccc2)ccc1OCC1CO1. The fraction of sp³-hybridized carbons (Fsp3) is 0.200. The lowest BCUT2D eigenvalue weighted by Gasteiger charge is -2.10. The Hall–Kier alpha value is -2.65. The van der Waals surface area contributed by atoms with Gasteiger partial charge in [-0.15, -0.1) is 0 Å². The van der Waals surface area contributed by atoms with Crippen molar-refractivity contribution < 1.29 is 22.8 Å². The highest BCUT2D eigenvalue weighted by atomic mass is 32.2. The molecule has 1 aliphatic rings. The van der Waals surface area contributed by atoms with E-state index in [2.05, 4.69) is 4.72 Å². The van der Waals surface area contributed by atoms with Gasteiger partial charge < -0.3 is 9.47 Å². The summed E-state index contributed by atoms with van der Waals surface area (Å²) in [6.45, 7) is 0.746. The minimum atomic E-state index is -3.94. The van der Waals surface area contributed by atoms with Gasteiger partial charge in [0.25, 0.3) is 10.0 Å². The van der Waals surface area contributed by atoms with Crippen LogP contribution < -0.4 is 9.46 Å². The Labute approximate surface area is 138 Å². The van der Waals surface area contributed by atoms with Gasteiger partial charge in [0.1, 0.15) is 12.7 Å². The average molecular weight is 350 g/mol. The van der Waals surface area contributed by atoms with Crippen molar-refractivity contribution in [1.29, 1.82) is 0 Å². The number of epoxide rings is 1. The summed E-state index contributed by atoms with van der Waals surface area (Å²) in [5.74, 6) is 0.00848. The predicted octanol–water partition coefficient (Wildman–Crippen LogP) is 2.17. The number of hydrogen-bond acceptors (Lipinski definition) is 6. The Morgan fingerprint density at radius 1 is 1.25 bits per heavy atom. The Kier molecular flexibility index (Phi) is 4.36. The Morgan fingerprint density at radius 2 is 1.96 bits per heavy atom. The first-order valence-electron chi connectivity index (χ1n) is 7.06. The maximum atomic E-state index is 12.4. The van der Waals surface area contributed by atoms with Crippen molar-refractivity contribution >= 4 is 21.4 Å². The molecule has 2 aromatic carbocycles. The number of para-hydroxylation sites is 1. The molecule has 0 amide bonds. The fourth-order valence-corrected chi connectivity index (χ4v) is 3.07. The van der Waals surface area contributed by atoms with Crippen molar-refractivity contribution in [2.75, 3.05) is 17.9 Å². The number of benzene rings is 2. The van der Waals surface area contributed by atoms with Crippen LogP contribution in [0.1, 0.15) is 0 Å². The summed E-state index contributed by atoms with van der Waals surface area (Å²) < 4.78 is 37.4. The van der Waals surface area contributed by atoms with Gasteiger partial charge >= 0.3 is 5.69 Å². The summed E-state index contributed by atoms with van der Waals surface area (Å²) in [6.07, 6.45) is -0.0623. The van der Waals surface area contributed by atoms with Gasteiger partial charge in [0.2, 0.25) is 0 Å². The van der Waals surface area contributed by atoms with Crippen LogP contribution in [0.3, 0.4) is 0 Å². The quantitative estimate of drug-likeness (QED) is 0.465. The maximum absolute atomic E-state index is 12.4. The first kappa shape index (κ1) is 16.2. The highest BCUT2D eigenvalue weighted by Gasteiger charge is 2.26. The molecule has 1 heterocycles. The topological polar surface area (TPSA) is 111 Å². The van der Waals surface area contributed by atoms with Gasteiger partial charge in [0, 0.05) is 11.8 Å². The third kappa shape index (κ3) is 3.81. The molecule has 0 aliphatic carbocycles. The van der Waals surface area contributed by atoms with Gasteiger partial charge in [0.15, 0.2) is 5.75 Å². The molecule has 2 aromatic rings. The second-order valence-electron chi connectivity index (χ2n) is 5.12. The summed E-state index contributed by atoms with van der Waals surface area (Å²) in [6, 6.07) is 11.8. The Balaban J connectivity index is 1.86. The molecule has 126 valence electrons. The molecule has 1 fully saturated rings. The van der Waals surface area contributed by atoms with E-state index in [1.807, 2.05) is 0 Å². The highest BCUT2D eigenvalue weighted by molar-refractivity contribution is 7.92. The van der Waals surface area contributed by atoms with Gasteiger partial charge in [-0.3, -0.25) is 14.8 Å². The van der Waals surface area contributed by atoms with Gasteiger partial charge in [0.05, 0.1) is 16.4 Å². The zero-order valence-corrected chi connectivity index (χ0v) is 13.2. The first-order valence-corrected chi connectivity index (χ1v) is 8.55. The molecule has 0 saturated carbocycles. The lowest BCUT2D eigenvalue weighted by molar-refractivity contribution is -0.386. The number of rotatable bonds is 7. The molecule has 24 heavy (non-hydrogen) atoms. The van der Waals surface area contributed by atoms with E-state index in [9.17, 15) is 18.5 Å². The van der Waals surface area contributed by atoms with Gasteiger partial charge in [-0.1, -0.05) is 18.2 Å². The number of anilines is 1. The van der Waals surface area contributed by atoms with E-state index < -0.39 is 20.6 Å². The number of nitrogens with one attached hydrogen (secondary N) is 1. The lowest BCUT2D eigenvalue weighted by Crippen LogP contribution is -2.13. The minimum Gasteiger partial charge on any atom is -0.484 e. The standard InChI is InChI=1S/C15H14N2O6S/c18-17(19)14-8-13(6-7-15(14)23-10-12-9-22-12)24(20,21)16-11-4-2-1-3-5-11/h1-8,12,16H,9-10H2. The molecule has 1 unspecified atom stereocenters. The molecule has 3 rings (SSSR count). The van der Waals surface area contributed by atoms with Crippen LogP contribution in [0, 0.1) is 10.1 Å². The molecule has 0 spiro atoms. The maximum Gasteiger partial charge on any atom is 0.312 e. The lowest BCUT2D eigenvalue weighted by atomic mass is 10.3. The summed E-state index contributed by atoms with van der Waals surface area (Å²) in [5, 5.41) is 11.2. The summed E-state index contributed by atoms with van der Waals surface area (Å²) >= 11 is 0. The Bertz CT molecular complexity index is 850.